The predicted octanol–water partition coefficient (Wildman–Crippen LogP) is 5.46. The van der Waals surface area contributed by atoms with Gasteiger partial charge in [0, 0.05) is 25.6 Å². The molecule has 1 aromatic heterocycles. The fourth-order valence-corrected chi connectivity index (χ4v) is 6.14. The van der Waals surface area contributed by atoms with Gasteiger partial charge >= 0.3 is 0 Å². The Kier molecular flexibility index (Phi) is 6.92. The van der Waals surface area contributed by atoms with Gasteiger partial charge in [-0.25, -0.2) is 4.98 Å². The maximum absolute atomic E-state index is 13.7. The smallest absolute Gasteiger partial charge is 0.275 e. The number of nitrogens with zero attached hydrogens (tertiary/aromatic N) is 3. The lowest BCUT2D eigenvalue weighted by molar-refractivity contribution is -0.137. The van der Waals surface area contributed by atoms with Crippen molar-refractivity contribution >= 4 is 11.8 Å². The molecule has 0 bridgehead atoms. The number of amides is 2. The van der Waals surface area contributed by atoms with Gasteiger partial charge in [0.15, 0.2) is 12.3 Å². The van der Waals surface area contributed by atoms with E-state index < -0.39 is 0 Å². The average molecular weight is 514 g/mol. The quantitative estimate of drug-likeness (QED) is 0.437. The zero-order valence-electron chi connectivity index (χ0n) is 22.0. The van der Waals surface area contributed by atoms with E-state index in [0.29, 0.717) is 17.3 Å². The van der Waals surface area contributed by atoms with E-state index in [2.05, 4.69) is 53.2 Å². The first kappa shape index (κ1) is 24.7. The molecule has 6 rings (SSSR count). The highest BCUT2D eigenvalue weighted by Gasteiger charge is 2.36. The summed E-state index contributed by atoms with van der Waals surface area (Å²) in [5.41, 5.74) is 5.01. The standard InChI is InChI=1S/C31H35N3O4/c1-21-8-10-23(11-9-21)29-26-18-25(13-12-22(26)14-17-34(29)30(35)24-6-2-3-7-24)37-20-28-32-27(19-38-28)31(36)33-15-4-5-16-33/h8-13,18-19,24,29H,2-7,14-17,20H2,1H3. The Morgan fingerprint density at radius 2 is 1.76 bits per heavy atom. The maximum Gasteiger partial charge on any atom is 0.275 e. The third-order valence-electron chi connectivity index (χ3n) is 8.25. The van der Waals surface area contributed by atoms with Crippen LogP contribution in [0.25, 0.3) is 0 Å². The van der Waals surface area contributed by atoms with E-state index in [1.807, 2.05) is 11.0 Å². The molecule has 2 amide bonds. The van der Waals surface area contributed by atoms with Crippen LogP contribution in [0.5, 0.6) is 5.75 Å². The molecule has 0 spiro atoms. The van der Waals surface area contributed by atoms with Gasteiger partial charge in [-0.05, 0) is 67.9 Å². The average Bonchev–Trinajstić information content (AvgIpc) is 3.74. The van der Waals surface area contributed by atoms with Gasteiger partial charge in [0.05, 0.1) is 6.04 Å². The molecular formula is C31H35N3O4. The molecule has 198 valence electrons. The number of benzene rings is 2. The summed E-state index contributed by atoms with van der Waals surface area (Å²) in [6, 6.07) is 14.5. The van der Waals surface area contributed by atoms with Crippen LogP contribution in [0.2, 0.25) is 0 Å². The van der Waals surface area contributed by atoms with Crippen molar-refractivity contribution in [3.63, 3.8) is 0 Å². The molecule has 1 saturated heterocycles. The van der Waals surface area contributed by atoms with Crippen LogP contribution in [-0.2, 0) is 17.8 Å². The van der Waals surface area contributed by atoms with Crippen molar-refractivity contribution in [3.8, 4) is 5.75 Å². The molecule has 0 N–H and O–H groups in total. The van der Waals surface area contributed by atoms with Crippen molar-refractivity contribution in [2.45, 2.75) is 64.5 Å². The number of hydrogen-bond donors (Lipinski definition) is 0. The van der Waals surface area contributed by atoms with Crippen LogP contribution in [0, 0.1) is 12.8 Å². The number of aryl methyl sites for hydroxylation is 1. The summed E-state index contributed by atoms with van der Waals surface area (Å²) in [5, 5.41) is 0. The number of ether oxygens (including phenoxy) is 1. The first-order valence-corrected chi connectivity index (χ1v) is 13.9. The monoisotopic (exact) mass is 513 g/mol. The van der Waals surface area contributed by atoms with Gasteiger partial charge in [-0.15, -0.1) is 0 Å². The van der Waals surface area contributed by atoms with Gasteiger partial charge in [-0.2, -0.15) is 0 Å². The van der Waals surface area contributed by atoms with Crippen LogP contribution in [-0.4, -0.2) is 46.2 Å². The summed E-state index contributed by atoms with van der Waals surface area (Å²) in [6.07, 6.45) is 8.58. The minimum atomic E-state index is -0.137. The van der Waals surface area contributed by atoms with Crippen LogP contribution in [0.15, 0.2) is 53.1 Å². The Hall–Kier alpha value is -3.61. The van der Waals surface area contributed by atoms with E-state index in [1.54, 1.807) is 0 Å². The second kappa shape index (κ2) is 10.6. The number of aromatic nitrogens is 1. The number of fused-ring (bicyclic) bond motifs is 1. The summed E-state index contributed by atoms with van der Waals surface area (Å²) >= 11 is 0. The lowest BCUT2D eigenvalue weighted by Gasteiger charge is -2.39. The molecule has 7 nitrogen and oxygen atoms in total. The topological polar surface area (TPSA) is 75.9 Å². The fourth-order valence-electron chi connectivity index (χ4n) is 6.14. The van der Waals surface area contributed by atoms with Crippen LogP contribution < -0.4 is 4.74 Å². The highest BCUT2D eigenvalue weighted by molar-refractivity contribution is 5.92. The third-order valence-corrected chi connectivity index (χ3v) is 8.25. The lowest BCUT2D eigenvalue weighted by Crippen LogP contribution is -2.43. The van der Waals surface area contributed by atoms with Crippen LogP contribution in [0.1, 0.15) is 83.2 Å². The van der Waals surface area contributed by atoms with E-state index in [4.69, 9.17) is 9.15 Å². The van der Waals surface area contributed by atoms with Gasteiger partial charge in [-0.3, -0.25) is 9.59 Å². The van der Waals surface area contributed by atoms with Gasteiger partial charge in [0.25, 0.3) is 5.91 Å². The fraction of sp³-hybridized carbons (Fsp3) is 0.452. The molecule has 0 radical (unpaired) electrons. The van der Waals surface area contributed by atoms with E-state index in [0.717, 1.165) is 75.7 Å². The molecule has 2 fully saturated rings. The largest absolute Gasteiger partial charge is 0.484 e. The minimum absolute atomic E-state index is 0.0840. The number of carbonyl (C=O) groups is 2. The van der Waals surface area contributed by atoms with Crippen molar-refractivity contribution in [2.24, 2.45) is 5.92 Å². The Morgan fingerprint density at radius 1 is 1.00 bits per heavy atom. The molecule has 3 aromatic rings. The minimum Gasteiger partial charge on any atom is -0.484 e. The number of carbonyl (C=O) groups excluding carboxylic acids is 2. The van der Waals surface area contributed by atoms with Gasteiger partial charge in [0.2, 0.25) is 11.8 Å². The van der Waals surface area contributed by atoms with E-state index in [-0.39, 0.29) is 30.4 Å². The van der Waals surface area contributed by atoms with E-state index in [1.165, 1.54) is 17.4 Å². The summed E-state index contributed by atoms with van der Waals surface area (Å²) in [7, 11) is 0. The van der Waals surface area contributed by atoms with Crippen molar-refractivity contribution in [2.75, 3.05) is 19.6 Å². The Labute approximate surface area is 223 Å². The van der Waals surface area contributed by atoms with Crippen molar-refractivity contribution < 1.29 is 18.7 Å². The zero-order valence-corrected chi connectivity index (χ0v) is 22.0. The second-order valence-electron chi connectivity index (χ2n) is 10.9. The second-order valence-corrected chi connectivity index (χ2v) is 10.9. The Balaban J connectivity index is 1.23. The predicted molar refractivity (Wildman–Crippen MR) is 143 cm³/mol. The Bertz CT molecular complexity index is 1300. The van der Waals surface area contributed by atoms with Gasteiger partial charge in [0.1, 0.15) is 12.0 Å². The molecule has 38 heavy (non-hydrogen) atoms. The summed E-state index contributed by atoms with van der Waals surface area (Å²) in [6.45, 7) is 4.49. The van der Waals surface area contributed by atoms with Crippen LogP contribution >= 0.6 is 0 Å². The van der Waals surface area contributed by atoms with E-state index >= 15 is 0 Å². The normalized spacial score (nSPS) is 19.6. The summed E-state index contributed by atoms with van der Waals surface area (Å²) < 4.78 is 11.6. The number of likely N-dealkylation sites (tertiary alicyclic amines) is 1. The number of rotatable bonds is 6. The molecule has 1 atom stereocenters. The molecule has 2 aromatic carbocycles. The zero-order chi connectivity index (χ0) is 26.1. The van der Waals surface area contributed by atoms with Crippen molar-refractivity contribution in [1.82, 2.24) is 14.8 Å². The molecule has 3 aliphatic rings. The highest BCUT2D eigenvalue weighted by Crippen LogP contribution is 2.40. The molecule has 3 heterocycles. The molecule has 1 aliphatic carbocycles. The number of hydrogen-bond acceptors (Lipinski definition) is 5. The van der Waals surface area contributed by atoms with Crippen LogP contribution in [0.3, 0.4) is 0 Å². The molecule has 1 unspecified atom stereocenters. The SMILES string of the molecule is Cc1ccc(C2c3cc(OCc4nc(C(=O)N5CCCC5)co4)ccc3CCN2C(=O)C2CCCC2)cc1. The lowest BCUT2D eigenvalue weighted by atomic mass is 9.86. The maximum atomic E-state index is 13.7. The van der Waals surface area contributed by atoms with Gasteiger partial charge in [-0.1, -0.05) is 48.7 Å². The molecule has 2 aliphatic heterocycles. The Morgan fingerprint density at radius 3 is 2.53 bits per heavy atom. The molecular weight excluding hydrogens is 478 g/mol. The summed E-state index contributed by atoms with van der Waals surface area (Å²) in [5.74, 6) is 1.39. The van der Waals surface area contributed by atoms with E-state index in [9.17, 15) is 9.59 Å². The molecule has 1 saturated carbocycles. The van der Waals surface area contributed by atoms with Crippen LogP contribution in [0.4, 0.5) is 0 Å². The summed E-state index contributed by atoms with van der Waals surface area (Å²) in [4.78, 5) is 34.5. The molecule has 7 heteroatoms. The first-order valence-electron chi connectivity index (χ1n) is 13.9. The van der Waals surface area contributed by atoms with Crippen molar-refractivity contribution in [1.29, 1.82) is 0 Å². The first-order chi connectivity index (χ1) is 18.6. The van der Waals surface area contributed by atoms with Crippen molar-refractivity contribution in [3.05, 3.63) is 82.6 Å². The highest BCUT2D eigenvalue weighted by atomic mass is 16.5. The number of oxazole rings is 1. The third kappa shape index (κ3) is 4.94. The van der Waals surface area contributed by atoms with Gasteiger partial charge < -0.3 is 19.0 Å².